The van der Waals surface area contributed by atoms with Gasteiger partial charge in [-0.1, -0.05) is 30.3 Å². The monoisotopic (exact) mass is 269 g/mol. The molecule has 5 nitrogen and oxygen atoms in total. The van der Waals surface area contributed by atoms with Gasteiger partial charge < -0.3 is 9.64 Å². The van der Waals surface area contributed by atoms with Gasteiger partial charge in [-0.05, 0) is 5.56 Å². The third-order valence-corrected chi connectivity index (χ3v) is 3.31. The Morgan fingerprint density at radius 3 is 2.85 bits per heavy atom. The van der Waals surface area contributed by atoms with Crippen molar-refractivity contribution < 1.29 is 9.53 Å². The molecule has 0 spiro atoms. The first kappa shape index (κ1) is 12.7. The van der Waals surface area contributed by atoms with E-state index in [0.717, 1.165) is 5.56 Å². The van der Waals surface area contributed by atoms with Crippen molar-refractivity contribution in [3.8, 4) is 0 Å². The average molecular weight is 269 g/mol. The predicted molar refractivity (Wildman–Crippen MR) is 73.1 cm³/mol. The molecule has 1 aliphatic heterocycles. The topological polar surface area (TPSA) is 55.3 Å². The summed E-state index contributed by atoms with van der Waals surface area (Å²) in [4.78, 5) is 22.1. The molecule has 20 heavy (non-hydrogen) atoms. The Morgan fingerprint density at radius 2 is 2.10 bits per heavy atom. The summed E-state index contributed by atoms with van der Waals surface area (Å²) in [6, 6.07) is 9.95. The van der Waals surface area contributed by atoms with Crippen molar-refractivity contribution in [2.24, 2.45) is 0 Å². The highest BCUT2D eigenvalue weighted by Gasteiger charge is 2.26. The van der Waals surface area contributed by atoms with Gasteiger partial charge in [0, 0.05) is 18.9 Å². The molecule has 2 aromatic rings. The van der Waals surface area contributed by atoms with Crippen LogP contribution >= 0.6 is 0 Å². The van der Waals surface area contributed by atoms with E-state index in [1.54, 1.807) is 11.1 Å². The zero-order valence-electron chi connectivity index (χ0n) is 11.0. The van der Waals surface area contributed by atoms with E-state index in [1.807, 2.05) is 30.3 Å². The lowest BCUT2D eigenvalue weighted by Gasteiger charge is -2.32. The molecule has 1 saturated heterocycles. The maximum absolute atomic E-state index is 12.3. The fourth-order valence-corrected chi connectivity index (χ4v) is 2.27. The third-order valence-electron chi connectivity index (χ3n) is 3.31. The minimum absolute atomic E-state index is 0.0782. The maximum Gasteiger partial charge on any atom is 0.274 e. The second kappa shape index (κ2) is 5.79. The largest absolute Gasteiger partial charge is 0.370 e. The lowest BCUT2D eigenvalue weighted by atomic mass is 10.1. The van der Waals surface area contributed by atoms with Crippen molar-refractivity contribution in [3.05, 3.63) is 60.2 Å². The molecule has 0 saturated carbocycles. The van der Waals surface area contributed by atoms with Crippen molar-refractivity contribution >= 4 is 5.91 Å². The average Bonchev–Trinajstić information content (AvgIpc) is 2.56. The van der Waals surface area contributed by atoms with Crippen molar-refractivity contribution in [2.45, 2.75) is 6.10 Å². The van der Waals surface area contributed by atoms with Gasteiger partial charge in [-0.2, -0.15) is 0 Å². The lowest BCUT2D eigenvalue weighted by Crippen LogP contribution is -2.42. The summed E-state index contributed by atoms with van der Waals surface area (Å²) in [5.41, 5.74) is 1.46. The van der Waals surface area contributed by atoms with Crippen LogP contribution in [0.25, 0.3) is 0 Å². The van der Waals surface area contributed by atoms with Crippen LogP contribution in [0.2, 0.25) is 0 Å². The summed E-state index contributed by atoms with van der Waals surface area (Å²) in [6.07, 6.45) is 4.51. The predicted octanol–water partition coefficient (Wildman–Crippen LogP) is 1.69. The molecule has 0 N–H and O–H groups in total. The third kappa shape index (κ3) is 2.67. The Kier molecular flexibility index (Phi) is 3.69. The number of nitrogens with zero attached hydrogens (tertiary/aromatic N) is 3. The molecule has 1 atom stereocenters. The normalized spacial score (nSPS) is 18.8. The lowest BCUT2D eigenvalue weighted by molar-refractivity contribution is -0.0230. The summed E-state index contributed by atoms with van der Waals surface area (Å²) in [5.74, 6) is -0.0951. The Labute approximate surface area is 117 Å². The molecular weight excluding hydrogens is 254 g/mol. The number of benzene rings is 1. The molecule has 0 bridgehead atoms. The standard InChI is InChI=1S/C15H15N3O2/c19-15(13-10-16-6-7-17-13)18-8-9-20-14(11-18)12-4-2-1-3-5-12/h1-7,10,14H,8-9,11H2/t14-/m1/s1. The van der Waals surface area contributed by atoms with E-state index in [9.17, 15) is 4.79 Å². The first-order chi connectivity index (χ1) is 9.84. The molecule has 1 amide bonds. The molecule has 1 aliphatic rings. The highest BCUT2D eigenvalue weighted by Crippen LogP contribution is 2.22. The number of carbonyl (C=O) groups is 1. The molecule has 0 aliphatic carbocycles. The van der Waals surface area contributed by atoms with Crippen LogP contribution in [0.1, 0.15) is 22.2 Å². The second-order valence-corrected chi connectivity index (χ2v) is 4.61. The van der Waals surface area contributed by atoms with Gasteiger partial charge in [0.15, 0.2) is 0 Å². The Bertz CT molecular complexity index is 574. The maximum atomic E-state index is 12.3. The van der Waals surface area contributed by atoms with E-state index in [2.05, 4.69) is 9.97 Å². The number of aromatic nitrogens is 2. The Hall–Kier alpha value is -2.27. The summed E-state index contributed by atoms with van der Waals surface area (Å²) in [7, 11) is 0. The molecule has 0 unspecified atom stereocenters. The van der Waals surface area contributed by atoms with E-state index in [4.69, 9.17) is 4.74 Å². The van der Waals surface area contributed by atoms with Crippen LogP contribution in [-0.4, -0.2) is 40.5 Å². The number of hydrogen-bond acceptors (Lipinski definition) is 4. The SMILES string of the molecule is O=C(c1cnccn1)N1CCO[C@@H](c2ccccc2)C1. The van der Waals surface area contributed by atoms with E-state index < -0.39 is 0 Å². The summed E-state index contributed by atoms with van der Waals surface area (Å²) in [5, 5.41) is 0. The van der Waals surface area contributed by atoms with Gasteiger partial charge in [0.25, 0.3) is 5.91 Å². The van der Waals surface area contributed by atoms with Gasteiger partial charge in [-0.3, -0.25) is 9.78 Å². The van der Waals surface area contributed by atoms with Crippen molar-refractivity contribution in [1.29, 1.82) is 0 Å². The molecule has 102 valence electrons. The second-order valence-electron chi connectivity index (χ2n) is 4.61. The van der Waals surface area contributed by atoms with Crippen molar-refractivity contribution in [2.75, 3.05) is 19.7 Å². The molecule has 1 aromatic heterocycles. The number of carbonyl (C=O) groups excluding carboxylic acids is 1. The van der Waals surface area contributed by atoms with E-state index in [0.29, 0.717) is 25.4 Å². The van der Waals surface area contributed by atoms with Crippen LogP contribution in [-0.2, 0) is 4.74 Å². The van der Waals surface area contributed by atoms with Gasteiger partial charge >= 0.3 is 0 Å². The van der Waals surface area contributed by atoms with E-state index in [1.165, 1.54) is 12.4 Å². The number of amides is 1. The minimum atomic E-state index is -0.0951. The number of rotatable bonds is 2. The summed E-state index contributed by atoms with van der Waals surface area (Å²) in [6.45, 7) is 1.66. The fraction of sp³-hybridized carbons (Fsp3) is 0.267. The number of ether oxygens (including phenoxy) is 1. The van der Waals surface area contributed by atoms with Crippen LogP contribution < -0.4 is 0 Å². The van der Waals surface area contributed by atoms with E-state index in [-0.39, 0.29) is 12.0 Å². The molecule has 2 heterocycles. The zero-order valence-corrected chi connectivity index (χ0v) is 11.0. The molecule has 5 heteroatoms. The van der Waals surface area contributed by atoms with Gasteiger partial charge in [-0.15, -0.1) is 0 Å². The molecular formula is C15H15N3O2. The van der Waals surface area contributed by atoms with Gasteiger partial charge in [0.2, 0.25) is 0 Å². The quantitative estimate of drug-likeness (QED) is 0.832. The highest BCUT2D eigenvalue weighted by atomic mass is 16.5. The Balaban J connectivity index is 1.74. The number of morpholine rings is 1. The van der Waals surface area contributed by atoms with Crippen LogP contribution in [0.4, 0.5) is 0 Å². The van der Waals surface area contributed by atoms with Crippen molar-refractivity contribution in [1.82, 2.24) is 14.9 Å². The molecule has 1 fully saturated rings. The zero-order chi connectivity index (χ0) is 13.8. The Morgan fingerprint density at radius 1 is 1.25 bits per heavy atom. The van der Waals surface area contributed by atoms with Crippen LogP contribution in [0.5, 0.6) is 0 Å². The first-order valence-corrected chi connectivity index (χ1v) is 6.56. The van der Waals surface area contributed by atoms with Gasteiger partial charge in [-0.25, -0.2) is 4.98 Å². The van der Waals surface area contributed by atoms with Crippen molar-refractivity contribution in [3.63, 3.8) is 0 Å². The molecule has 1 aromatic carbocycles. The molecule has 0 radical (unpaired) electrons. The van der Waals surface area contributed by atoms with Gasteiger partial charge in [0.1, 0.15) is 11.8 Å². The first-order valence-electron chi connectivity index (χ1n) is 6.56. The minimum Gasteiger partial charge on any atom is -0.370 e. The highest BCUT2D eigenvalue weighted by molar-refractivity contribution is 5.92. The van der Waals surface area contributed by atoms with Crippen LogP contribution in [0.3, 0.4) is 0 Å². The van der Waals surface area contributed by atoms with Gasteiger partial charge in [0.05, 0.1) is 19.3 Å². The van der Waals surface area contributed by atoms with Crippen LogP contribution in [0.15, 0.2) is 48.9 Å². The van der Waals surface area contributed by atoms with Crippen LogP contribution in [0, 0.1) is 0 Å². The fourth-order valence-electron chi connectivity index (χ4n) is 2.27. The number of hydrogen-bond donors (Lipinski definition) is 0. The molecule has 3 rings (SSSR count). The summed E-state index contributed by atoms with van der Waals surface area (Å²) >= 11 is 0. The smallest absolute Gasteiger partial charge is 0.274 e. The summed E-state index contributed by atoms with van der Waals surface area (Å²) < 4.78 is 5.75. The van der Waals surface area contributed by atoms with E-state index >= 15 is 0 Å².